The quantitative estimate of drug-likeness (QED) is 0.789. The Labute approximate surface area is 153 Å². The second-order valence-electron chi connectivity index (χ2n) is 6.64. The van der Waals surface area contributed by atoms with Gasteiger partial charge in [0, 0.05) is 11.7 Å². The molecular weight excluding hydrogens is 330 g/mol. The summed E-state index contributed by atoms with van der Waals surface area (Å²) < 4.78 is 10.7. The SMILES string of the molecule is COc1ccc(C)cc1C(=O)O[C@H](C)C(=O)N1c2ccccc2C[C@@H]1C. The number of ether oxygens (including phenoxy) is 2. The van der Waals surface area contributed by atoms with Crippen LogP contribution in [0.5, 0.6) is 5.75 Å². The van der Waals surface area contributed by atoms with Gasteiger partial charge in [0.2, 0.25) is 0 Å². The van der Waals surface area contributed by atoms with Crippen molar-refractivity contribution in [3.8, 4) is 5.75 Å². The highest BCUT2D eigenvalue weighted by Crippen LogP contribution is 2.32. The first-order chi connectivity index (χ1) is 12.4. The molecule has 0 saturated heterocycles. The maximum absolute atomic E-state index is 12.9. The Kier molecular flexibility index (Phi) is 4.98. The Morgan fingerprint density at radius 1 is 1.19 bits per heavy atom. The van der Waals surface area contributed by atoms with Gasteiger partial charge in [0.15, 0.2) is 6.10 Å². The molecule has 1 aliphatic rings. The van der Waals surface area contributed by atoms with E-state index in [4.69, 9.17) is 9.47 Å². The van der Waals surface area contributed by atoms with E-state index < -0.39 is 12.1 Å². The number of carbonyl (C=O) groups is 2. The highest BCUT2D eigenvalue weighted by molar-refractivity contribution is 6.01. The fourth-order valence-electron chi connectivity index (χ4n) is 3.35. The molecule has 1 aliphatic heterocycles. The summed E-state index contributed by atoms with van der Waals surface area (Å²) in [6.07, 6.45) is -0.0878. The lowest BCUT2D eigenvalue weighted by Gasteiger charge is -2.26. The molecule has 0 saturated carbocycles. The van der Waals surface area contributed by atoms with Gasteiger partial charge < -0.3 is 14.4 Å². The van der Waals surface area contributed by atoms with Gasteiger partial charge in [-0.25, -0.2) is 4.79 Å². The predicted molar refractivity (Wildman–Crippen MR) is 99.7 cm³/mol. The average Bonchev–Trinajstić information content (AvgIpc) is 2.96. The smallest absolute Gasteiger partial charge is 0.342 e. The Morgan fingerprint density at radius 2 is 1.92 bits per heavy atom. The van der Waals surface area contributed by atoms with E-state index in [-0.39, 0.29) is 11.9 Å². The summed E-state index contributed by atoms with van der Waals surface area (Å²) >= 11 is 0. The second kappa shape index (κ2) is 7.20. The van der Waals surface area contributed by atoms with Gasteiger partial charge in [-0.05, 0) is 51.0 Å². The molecule has 0 aliphatic carbocycles. The third-order valence-electron chi connectivity index (χ3n) is 4.65. The molecule has 0 aromatic heterocycles. The summed E-state index contributed by atoms with van der Waals surface area (Å²) in [6.45, 7) is 5.49. The number of rotatable bonds is 4. The Balaban J connectivity index is 1.78. The second-order valence-corrected chi connectivity index (χ2v) is 6.64. The third-order valence-corrected chi connectivity index (χ3v) is 4.65. The number of aryl methyl sites for hydroxylation is 1. The minimum Gasteiger partial charge on any atom is -0.496 e. The number of anilines is 1. The molecule has 2 aromatic carbocycles. The van der Waals surface area contributed by atoms with Crippen LogP contribution in [0.25, 0.3) is 0 Å². The molecule has 5 nitrogen and oxygen atoms in total. The third kappa shape index (κ3) is 3.29. The van der Waals surface area contributed by atoms with Crippen LogP contribution in [-0.2, 0) is 16.0 Å². The van der Waals surface area contributed by atoms with Gasteiger partial charge in [-0.2, -0.15) is 0 Å². The van der Waals surface area contributed by atoms with E-state index in [0.29, 0.717) is 11.3 Å². The molecule has 0 fully saturated rings. The molecule has 0 N–H and O–H groups in total. The zero-order valence-corrected chi connectivity index (χ0v) is 15.5. The fourth-order valence-corrected chi connectivity index (χ4v) is 3.35. The fraction of sp³-hybridized carbons (Fsp3) is 0.333. The molecule has 1 amide bonds. The van der Waals surface area contributed by atoms with Gasteiger partial charge in [-0.1, -0.05) is 29.8 Å². The van der Waals surface area contributed by atoms with Crippen molar-refractivity contribution in [2.24, 2.45) is 0 Å². The number of esters is 1. The Bertz CT molecular complexity index is 846. The largest absolute Gasteiger partial charge is 0.496 e. The van der Waals surface area contributed by atoms with Crippen molar-refractivity contribution in [3.63, 3.8) is 0 Å². The number of benzene rings is 2. The van der Waals surface area contributed by atoms with Crippen LogP contribution in [0.15, 0.2) is 42.5 Å². The Hall–Kier alpha value is -2.82. The summed E-state index contributed by atoms with van der Waals surface area (Å²) in [5.41, 5.74) is 3.26. The van der Waals surface area contributed by atoms with E-state index in [1.807, 2.05) is 44.2 Å². The zero-order valence-electron chi connectivity index (χ0n) is 15.5. The van der Waals surface area contributed by atoms with Crippen LogP contribution in [0.3, 0.4) is 0 Å². The molecule has 3 rings (SSSR count). The maximum atomic E-state index is 12.9. The Morgan fingerprint density at radius 3 is 2.65 bits per heavy atom. The van der Waals surface area contributed by atoms with Crippen molar-refractivity contribution in [2.75, 3.05) is 12.0 Å². The van der Waals surface area contributed by atoms with E-state index in [1.165, 1.54) is 7.11 Å². The average molecular weight is 353 g/mol. The van der Waals surface area contributed by atoms with Crippen molar-refractivity contribution >= 4 is 17.6 Å². The van der Waals surface area contributed by atoms with Crippen LogP contribution in [0.4, 0.5) is 5.69 Å². The lowest BCUT2D eigenvalue weighted by molar-refractivity contribution is -0.126. The summed E-state index contributed by atoms with van der Waals surface area (Å²) in [5.74, 6) is -0.353. The van der Waals surface area contributed by atoms with Crippen LogP contribution in [-0.4, -0.2) is 31.1 Å². The predicted octanol–water partition coefficient (Wildman–Crippen LogP) is 3.53. The molecule has 2 aromatic rings. The topological polar surface area (TPSA) is 55.8 Å². The first-order valence-corrected chi connectivity index (χ1v) is 8.69. The van der Waals surface area contributed by atoms with Gasteiger partial charge in [0.25, 0.3) is 5.91 Å². The zero-order chi connectivity index (χ0) is 18.8. The maximum Gasteiger partial charge on any atom is 0.342 e. The molecule has 136 valence electrons. The van der Waals surface area contributed by atoms with Crippen molar-refractivity contribution in [2.45, 2.75) is 39.3 Å². The van der Waals surface area contributed by atoms with Gasteiger partial charge in [-0.15, -0.1) is 0 Å². The number of amides is 1. The molecule has 1 heterocycles. The molecule has 0 spiro atoms. The van der Waals surface area contributed by atoms with Gasteiger partial charge in [0.1, 0.15) is 11.3 Å². The number of methoxy groups -OCH3 is 1. The number of hydrogen-bond donors (Lipinski definition) is 0. The molecule has 0 radical (unpaired) electrons. The van der Waals surface area contributed by atoms with Crippen molar-refractivity contribution in [1.82, 2.24) is 0 Å². The number of fused-ring (bicyclic) bond motifs is 1. The molecule has 2 atom stereocenters. The molecule has 0 unspecified atom stereocenters. The molecule has 26 heavy (non-hydrogen) atoms. The van der Waals surface area contributed by atoms with Crippen molar-refractivity contribution < 1.29 is 19.1 Å². The van der Waals surface area contributed by atoms with Crippen LogP contribution in [0.2, 0.25) is 0 Å². The summed E-state index contributed by atoms with van der Waals surface area (Å²) in [4.78, 5) is 27.2. The summed E-state index contributed by atoms with van der Waals surface area (Å²) in [7, 11) is 1.50. The minimum absolute atomic E-state index is 0.0366. The number of carbonyl (C=O) groups excluding carboxylic acids is 2. The van der Waals surface area contributed by atoms with E-state index in [9.17, 15) is 9.59 Å². The minimum atomic E-state index is -0.888. The monoisotopic (exact) mass is 353 g/mol. The summed E-state index contributed by atoms with van der Waals surface area (Å²) in [6, 6.07) is 13.1. The first kappa shape index (κ1) is 18.0. The lowest BCUT2D eigenvalue weighted by atomic mass is 10.1. The highest BCUT2D eigenvalue weighted by Gasteiger charge is 2.34. The normalized spacial score (nSPS) is 16.8. The molecule has 0 bridgehead atoms. The van der Waals surface area contributed by atoms with E-state index >= 15 is 0 Å². The van der Waals surface area contributed by atoms with Crippen LogP contribution in [0.1, 0.15) is 35.3 Å². The van der Waals surface area contributed by atoms with Gasteiger partial charge >= 0.3 is 5.97 Å². The first-order valence-electron chi connectivity index (χ1n) is 8.69. The van der Waals surface area contributed by atoms with Gasteiger partial charge in [0.05, 0.1) is 7.11 Å². The number of para-hydroxylation sites is 1. The van der Waals surface area contributed by atoms with Crippen LogP contribution < -0.4 is 9.64 Å². The van der Waals surface area contributed by atoms with E-state index in [2.05, 4.69) is 0 Å². The van der Waals surface area contributed by atoms with Crippen molar-refractivity contribution in [1.29, 1.82) is 0 Å². The number of hydrogen-bond acceptors (Lipinski definition) is 4. The lowest BCUT2D eigenvalue weighted by Crippen LogP contribution is -2.43. The van der Waals surface area contributed by atoms with Gasteiger partial charge in [-0.3, -0.25) is 4.79 Å². The van der Waals surface area contributed by atoms with Crippen LogP contribution >= 0.6 is 0 Å². The standard InChI is InChI=1S/C21H23NO4/c1-13-9-10-19(25-4)17(11-13)21(24)26-15(3)20(23)22-14(2)12-16-7-5-6-8-18(16)22/h5-11,14-15H,12H2,1-4H3/t14-,15+/m0/s1. The number of nitrogens with zero attached hydrogens (tertiary/aromatic N) is 1. The van der Waals surface area contributed by atoms with Crippen molar-refractivity contribution in [3.05, 3.63) is 59.2 Å². The van der Waals surface area contributed by atoms with Crippen LogP contribution in [0, 0.1) is 6.92 Å². The highest BCUT2D eigenvalue weighted by atomic mass is 16.5. The van der Waals surface area contributed by atoms with E-state index in [0.717, 1.165) is 23.2 Å². The molecular formula is C21H23NO4. The summed E-state index contributed by atoms with van der Waals surface area (Å²) in [5, 5.41) is 0. The molecule has 5 heteroatoms. The van der Waals surface area contributed by atoms with E-state index in [1.54, 1.807) is 24.0 Å².